The van der Waals surface area contributed by atoms with Gasteiger partial charge in [-0.1, -0.05) is 6.07 Å². The van der Waals surface area contributed by atoms with Crippen molar-refractivity contribution in [1.29, 1.82) is 0 Å². The molecule has 0 bridgehead atoms. The first-order valence-corrected chi connectivity index (χ1v) is 5.68. The molecule has 1 aliphatic rings. The Balaban J connectivity index is 2.40. The summed E-state index contributed by atoms with van der Waals surface area (Å²) in [5, 5.41) is 19.9. The number of carboxylic acid groups (broad SMARTS) is 1. The first-order chi connectivity index (χ1) is 8.90. The van der Waals surface area contributed by atoms with Gasteiger partial charge in [0.1, 0.15) is 5.69 Å². The van der Waals surface area contributed by atoms with Crippen LogP contribution in [0.5, 0.6) is 0 Å². The molecule has 0 aliphatic carbocycles. The summed E-state index contributed by atoms with van der Waals surface area (Å²) < 4.78 is 0. The summed E-state index contributed by atoms with van der Waals surface area (Å²) in [5.74, 6) is -2.28. The molecule has 1 heterocycles. The van der Waals surface area contributed by atoms with Gasteiger partial charge in [0.05, 0.1) is 10.8 Å². The topological polar surface area (TPSA) is 101 Å². The van der Waals surface area contributed by atoms with Crippen molar-refractivity contribution < 1.29 is 19.6 Å². The van der Waals surface area contributed by atoms with Crippen LogP contribution < -0.4 is 4.90 Å². The predicted molar refractivity (Wildman–Crippen MR) is 65.9 cm³/mol. The maximum atomic E-state index is 11.8. The highest BCUT2D eigenvalue weighted by Crippen LogP contribution is 2.33. The Bertz CT molecular complexity index is 569. The van der Waals surface area contributed by atoms with E-state index in [4.69, 9.17) is 5.11 Å². The lowest BCUT2D eigenvalue weighted by Gasteiger charge is -2.16. The molecule has 1 amide bonds. The number of aliphatic carboxylic acids is 1. The molecule has 7 nitrogen and oxygen atoms in total. The van der Waals surface area contributed by atoms with Crippen LogP contribution in [-0.2, 0) is 9.59 Å². The summed E-state index contributed by atoms with van der Waals surface area (Å²) in [5.41, 5.74) is 0.681. The Kier molecular flexibility index (Phi) is 3.20. The second-order valence-corrected chi connectivity index (χ2v) is 4.49. The summed E-state index contributed by atoms with van der Waals surface area (Å²) in [6, 6.07) is 4.51. The summed E-state index contributed by atoms with van der Waals surface area (Å²) in [6.45, 7) is 1.68. The summed E-state index contributed by atoms with van der Waals surface area (Å²) in [6.07, 6.45) is -0.125. The number of benzene rings is 1. The van der Waals surface area contributed by atoms with E-state index in [9.17, 15) is 19.7 Å². The van der Waals surface area contributed by atoms with Crippen LogP contribution >= 0.6 is 0 Å². The van der Waals surface area contributed by atoms with Gasteiger partial charge in [-0.3, -0.25) is 19.7 Å². The van der Waals surface area contributed by atoms with E-state index in [1.54, 1.807) is 13.0 Å². The molecule has 0 unspecified atom stereocenters. The number of hydrogen-bond donors (Lipinski definition) is 1. The SMILES string of the molecule is Cc1ccc(N2C[C@@H](C(=O)O)CC2=O)c([N+](=O)[O-])c1. The fourth-order valence-corrected chi connectivity index (χ4v) is 2.11. The summed E-state index contributed by atoms with van der Waals surface area (Å²) in [4.78, 5) is 34.3. The van der Waals surface area contributed by atoms with Gasteiger partial charge in [0, 0.05) is 19.0 Å². The van der Waals surface area contributed by atoms with Gasteiger partial charge in [-0.25, -0.2) is 0 Å². The van der Waals surface area contributed by atoms with Gasteiger partial charge in [0.2, 0.25) is 5.91 Å². The van der Waals surface area contributed by atoms with Crippen molar-refractivity contribution in [1.82, 2.24) is 0 Å². The number of anilines is 1. The maximum absolute atomic E-state index is 11.8. The fraction of sp³-hybridized carbons (Fsp3) is 0.333. The Hall–Kier alpha value is -2.44. The number of nitrogens with zero attached hydrogens (tertiary/aromatic N) is 2. The first-order valence-electron chi connectivity index (χ1n) is 5.68. The van der Waals surface area contributed by atoms with E-state index >= 15 is 0 Å². The molecule has 7 heteroatoms. The fourth-order valence-electron chi connectivity index (χ4n) is 2.11. The third kappa shape index (κ3) is 2.40. The molecule has 0 saturated carbocycles. The molecular formula is C12H12N2O5. The Labute approximate surface area is 108 Å². The smallest absolute Gasteiger partial charge is 0.308 e. The number of carboxylic acids is 1. The minimum Gasteiger partial charge on any atom is -0.481 e. The van der Waals surface area contributed by atoms with E-state index in [1.807, 2.05) is 0 Å². The Morgan fingerprint density at radius 2 is 2.21 bits per heavy atom. The van der Waals surface area contributed by atoms with Crippen molar-refractivity contribution in [2.24, 2.45) is 5.92 Å². The Morgan fingerprint density at radius 1 is 1.53 bits per heavy atom. The molecule has 1 aromatic carbocycles. The van der Waals surface area contributed by atoms with Gasteiger partial charge >= 0.3 is 5.97 Å². The highest BCUT2D eigenvalue weighted by Gasteiger charge is 2.37. The highest BCUT2D eigenvalue weighted by atomic mass is 16.6. The molecule has 0 aromatic heterocycles. The van der Waals surface area contributed by atoms with Crippen LogP contribution in [0.15, 0.2) is 18.2 Å². The average molecular weight is 264 g/mol. The van der Waals surface area contributed by atoms with E-state index in [0.717, 1.165) is 0 Å². The third-order valence-corrected chi connectivity index (χ3v) is 3.09. The lowest BCUT2D eigenvalue weighted by atomic mass is 10.1. The van der Waals surface area contributed by atoms with Crippen molar-refractivity contribution in [3.8, 4) is 0 Å². The van der Waals surface area contributed by atoms with Gasteiger partial charge < -0.3 is 10.0 Å². The minimum atomic E-state index is -1.06. The molecule has 1 aliphatic heterocycles. The van der Waals surface area contributed by atoms with E-state index in [1.165, 1.54) is 17.0 Å². The number of carbonyl (C=O) groups is 2. The number of aryl methyl sites for hydroxylation is 1. The van der Waals surface area contributed by atoms with Crippen molar-refractivity contribution in [2.75, 3.05) is 11.4 Å². The molecule has 1 saturated heterocycles. The standard InChI is InChI=1S/C12H12N2O5/c1-7-2-3-9(10(4-7)14(18)19)13-6-8(12(16)17)5-11(13)15/h2-4,8H,5-6H2,1H3,(H,16,17)/t8-/m0/s1. The number of hydrogen-bond acceptors (Lipinski definition) is 4. The Morgan fingerprint density at radius 3 is 2.74 bits per heavy atom. The second-order valence-electron chi connectivity index (χ2n) is 4.49. The van der Waals surface area contributed by atoms with E-state index in [-0.39, 0.29) is 24.3 Å². The summed E-state index contributed by atoms with van der Waals surface area (Å²) >= 11 is 0. The van der Waals surface area contributed by atoms with Crippen LogP contribution in [0, 0.1) is 23.0 Å². The monoisotopic (exact) mass is 264 g/mol. The number of nitro groups is 1. The zero-order valence-electron chi connectivity index (χ0n) is 10.2. The molecular weight excluding hydrogens is 252 g/mol. The molecule has 19 heavy (non-hydrogen) atoms. The van der Waals surface area contributed by atoms with Crippen LogP contribution in [0.1, 0.15) is 12.0 Å². The first kappa shape index (κ1) is 13.0. The zero-order valence-corrected chi connectivity index (χ0v) is 10.2. The summed E-state index contributed by atoms with van der Waals surface area (Å²) in [7, 11) is 0. The van der Waals surface area contributed by atoms with Crippen LogP contribution in [-0.4, -0.2) is 28.5 Å². The quantitative estimate of drug-likeness (QED) is 0.655. The predicted octanol–water partition coefficient (Wildman–Crippen LogP) is 1.34. The molecule has 2 rings (SSSR count). The highest BCUT2D eigenvalue weighted by molar-refractivity contribution is 6.00. The zero-order chi connectivity index (χ0) is 14.2. The molecule has 100 valence electrons. The second kappa shape index (κ2) is 4.68. The van der Waals surface area contributed by atoms with Gasteiger partial charge in [-0.05, 0) is 18.6 Å². The lowest BCUT2D eigenvalue weighted by molar-refractivity contribution is -0.384. The normalized spacial score (nSPS) is 18.7. The number of rotatable bonds is 3. The largest absolute Gasteiger partial charge is 0.481 e. The van der Waals surface area contributed by atoms with Crippen molar-refractivity contribution in [2.45, 2.75) is 13.3 Å². The molecule has 1 atom stereocenters. The van der Waals surface area contributed by atoms with Gasteiger partial charge in [-0.15, -0.1) is 0 Å². The maximum Gasteiger partial charge on any atom is 0.308 e. The minimum absolute atomic E-state index is 0.0297. The van der Waals surface area contributed by atoms with Crippen molar-refractivity contribution >= 4 is 23.3 Å². The van der Waals surface area contributed by atoms with Gasteiger partial charge in [0.25, 0.3) is 5.69 Å². The van der Waals surface area contributed by atoms with E-state index in [0.29, 0.717) is 5.56 Å². The van der Waals surface area contributed by atoms with Crippen LogP contribution in [0.25, 0.3) is 0 Å². The lowest BCUT2D eigenvalue weighted by Crippen LogP contribution is -2.26. The molecule has 0 radical (unpaired) electrons. The van der Waals surface area contributed by atoms with Crippen LogP contribution in [0.3, 0.4) is 0 Å². The molecule has 0 spiro atoms. The van der Waals surface area contributed by atoms with Gasteiger partial charge in [-0.2, -0.15) is 0 Å². The van der Waals surface area contributed by atoms with Crippen LogP contribution in [0.4, 0.5) is 11.4 Å². The van der Waals surface area contributed by atoms with E-state index < -0.39 is 22.7 Å². The third-order valence-electron chi connectivity index (χ3n) is 3.09. The van der Waals surface area contributed by atoms with Crippen molar-refractivity contribution in [3.05, 3.63) is 33.9 Å². The van der Waals surface area contributed by atoms with Crippen LogP contribution in [0.2, 0.25) is 0 Å². The number of nitro benzene ring substituents is 1. The van der Waals surface area contributed by atoms with E-state index in [2.05, 4.69) is 0 Å². The van der Waals surface area contributed by atoms with Crippen molar-refractivity contribution in [3.63, 3.8) is 0 Å². The molecule has 1 aromatic rings. The number of amides is 1. The molecule has 1 fully saturated rings. The van der Waals surface area contributed by atoms with Gasteiger partial charge in [0.15, 0.2) is 0 Å². The average Bonchev–Trinajstić information content (AvgIpc) is 2.71. The molecule has 1 N–H and O–H groups in total. The number of carbonyl (C=O) groups excluding carboxylic acids is 1.